The van der Waals surface area contributed by atoms with Crippen LogP contribution in [0.3, 0.4) is 0 Å². The molecule has 1 atom stereocenters. The van der Waals surface area contributed by atoms with Gasteiger partial charge in [0, 0.05) is 9.61 Å². The van der Waals surface area contributed by atoms with E-state index in [1.165, 1.54) is 23.5 Å². The monoisotopic (exact) mass is 387 g/mol. The van der Waals surface area contributed by atoms with Gasteiger partial charge >= 0.3 is 5.97 Å². The normalized spacial score (nSPS) is 18.8. The van der Waals surface area contributed by atoms with Crippen molar-refractivity contribution in [3.8, 4) is 0 Å². The molecule has 1 aromatic rings. The molecular formula is C16H22INO2. The number of halogens is 1. The molecule has 1 aliphatic rings. The van der Waals surface area contributed by atoms with E-state index in [1.807, 2.05) is 0 Å². The molecule has 2 rings (SSSR count). The van der Waals surface area contributed by atoms with Gasteiger partial charge in [-0.05, 0) is 65.0 Å². The van der Waals surface area contributed by atoms with Gasteiger partial charge in [-0.25, -0.2) is 0 Å². The number of carbonyl (C=O) groups is 1. The van der Waals surface area contributed by atoms with Crippen molar-refractivity contribution in [2.75, 3.05) is 7.11 Å². The van der Waals surface area contributed by atoms with Crippen LogP contribution in [0.1, 0.15) is 50.1 Å². The largest absolute Gasteiger partial charge is 0.469 e. The van der Waals surface area contributed by atoms with E-state index in [4.69, 9.17) is 10.5 Å². The van der Waals surface area contributed by atoms with Gasteiger partial charge in [-0.3, -0.25) is 4.79 Å². The summed E-state index contributed by atoms with van der Waals surface area (Å²) in [4.78, 5) is 11.7. The zero-order valence-electron chi connectivity index (χ0n) is 11.9. The molecule has 0 aliphatic heterocycles. The fourth-order valence-corrected chi connectivity index (χ4v) is 3.61. The lowest BCUT2D eigenvalue weighted by atomic mass is 9.76. The minimum absolute atomic E-state index is 0.00486. The summed E-state index contributed by atoms with van der Waals surface area (Å²) in [6.07, 6.45) is 5.91. The first-order valence-corrected chi connectivity index (χ1v) is 8.20. The number of esters is 1. The molecule has 1 unspecified atom stereocenters. The minimum atomic E-state index is -0.110. The third-order valence-corrected chi connectivity index (χ3v) is 5.08. The van der Waals surface area contributed by atoms with E-state index in [0.29, 0.717) is 6.42 Å². The lowest BCUT2D eigenvalue weighted by molar-refractivity contribution is -0.143. The highest BCUT2D eigenvalue weighted by Crippen LogP contribution is 2.46. The number of nitrogens with two attached hydrogens (primary N) is 1. The molecule has 2 N–H and O–H groups in total. The Labute approximate surface area is 134 Å². The van der Waals surface area contributed by atoms with Gasteiger partial charge in [0.2, 0.25) is 0 Å². The van der Waals surface area contributed by atoms with Gasteiger partial charge in [-0.2, -0.15) is 0 Å². The van der Waals surface area contributed by atoms with Gasteiger partial charge in [-0.1, -0.05) is 25.0 Å². The van der Waals surface area contributed by atoms with Crippen LogP contribution in [0.2, 0.25) is 0 Å². The summed E-state index contributed by atoms with van der Waals surface area (Å²) in [5.74, 6) is -0.110. The van der Waals surface area contributed by atoms with E-state index in [0.717, 1.165) is 24.8 Å². The Kier molecular flexibility index (Phi) is 5.43. The highest BCUT2D eigenvalue weighted by molar-refractivity contribution is 14.1. The first-order chi connectivity index (χ1) is 9.54. The summed E-state index contributed by atoms with van der Waals surface area (Å²) >= 11 is 2.29. The molecule has 1 aromatic carbocycles. The second-order valence-electron chi connectivity index (χ2n) is 5.82. The second-order valence-corrected chi connectivity index (χ2v) is 7.07. The molecule has 0 amide bonds. The highest BCUT2D eigenvalue weighted by atomic mass is 127. The fourth-order valence-electron chi connectivity index (χ4n) is 3.25. The third kappa shape index (κ3) is 3.95. The lowest BCUT2D eigenvalue weighted by Crippen LogP contribution is -2.27. The summed E-state index contributed by atoms with van der Waals surface area (Å²) in [5, 5.41) is 0. The molecule has 4 heteroatoms. The maximum atomic E-state index is 11.7. The molecule has 110 valence electrons. The summed E-state index contributed by atoms with van der Waals surface area (Å²) < 4.78 is 6.07. The number of carbonyl (C=O) groups excluding carboxylic acids is 1. The molecule has 1 aliphatic carbocycles. The van der Waals surface area contributed by atoms with Crippen LogP contribution < -0.4 is 5.73 Å². The number of hydrogen-bond donors (Lipinski definition) is 1. The van der Waals surface area contributed by atoms with Crippen LogP contribution in [0.4, 0.5) is 0 Å². The van der Waals surface area contributed by atoms with E-state index in [-0.39, 0.29) is 17.4 Å². The minimum Gasteiger partial charge on any atom is -0.469 e. The van der Waals surface area contributed by atoms with Crippen LogP contribution in [-0.2, 0) is 9.53 Å². The van der Waals surface area contributed by atoms with Gasteiger partial charge in [0.15, 0.2) is 0 Å². The Balaban J connectivity index is 2.07. The van der Waals surface area contributed by atoms with Crippen molar-refractivity contribution in [1.82, 2.24) is 0 Å². The standard InChI is InChI=1S/C16H22INO2/c1-20-15(19)11-16(8-2-3-9-16)10-14(18)12-4-6-13(17)7-5-12/h4-7,14H,2-3,8-11,18H2,1H3. The lowest BCUT2D eigenvalue weighted by Gasteiger charge is -2.31. The smallest absolute Gasteiger partial charge is 0.306 e. The zero-order chi connectivity index (χ0) is 14.6. The molecule has 0 heterocycles. The molecule has 1 saturated carbocycles. The Hall–Kier alpha value is -0.620. The summed E-state index contributed by atoms with van der Waals surface area (Å²) in [6.45, 7) is 0. The molecular weight excluding hydrogens is 365 g/mol. The van der Waals surface area contributed by atoms with Crippen LogP contribution in [-0.4, -0.2) is 13.1 Å². The van der Waals surface area contributed by atoms with Crippen molar-refractivity contribution in [1.29, 1.82) is 0 Å². The van der Waals surface area contributed by atoms with E-state index in [1.54, 1.807) is 0 Å². The van der Waals surface area contributed by atoms with Gasteiger partial charge in [0.1, 0.15) is 0 Å². The topological polar surface area (TPSA) is 52.3 Å². The Morgan fingerprint density at radius 3 is 2.50 bits per heavy atom. The zero-order valence-corrected chi connectivity index (χ0v) is 14.1. The maximum absolute atomic E-state index is 11.7. The van der Waals surface area contributed by atoms with Crippen molar-refractivity contribution < 1.29 is 9.53 Å². The molecule has 0 spiro atoms. The van der Waals surface area contributed by atoms with Gasteiger partial charge in [0.25, 0.3) is 0 Å². The van der Waals surface area contributed by atoms with Gasteiger partial charge < -0.3 is 10.5 Å². The van der Waals surface area contributed by atoms with Crippen molar-refractivity contribution in [3.63, 3.8) is 0 Å². The molecule has 0 radical (unpaired) electrons. The Morgan fingerprint density at radius 1 is 1.35 bits per heavy atom. The molecule has 20 heavy (non-hydrogen) atoms. The third-order valence-electron chi connectivity index (χ3n) is 4.36. The van der Waals surface area contributed by atoms with Gasteiger partial charge in [0.05, 0.1) is 13.5 Å². The van der Waals surface area contributed by atoms with Crippen LogP contribution in [0.25, 0.3) is 0 Å². The molecule has 0 aromatic heterocycles. The Bertz CT molecular complexity index is 452. The number of rotatable bonds is 5. The van der Waals surface area contributed by atoms with Crippen molar-refractivity contribution in [3.05, 3.63) is 33.4 Å². The summed E-state index contributed by atoms with van der Waals surface area (Å²) in [5.41, 5.74) is 7.56. The van der Waals surface area contributed by atoms with Crippen molar-refractivity contribution >= 4 is 28.6 Å². The maximum Gasteiger partial charge on any atom is 0.306 e. The fraction of sp³-hybridized carbons (Fsp3) is 0.562. The van der Waals surface area contributed by atoms with Gasteiger partial charge in [-0.15, -0.1) is 0 Å². The van der Waals surface area contributed by atoms with Crippen molar-refractivity contribution in [2.45, 2.75) is 44.6 Å². The SMILES string of the molecule is COC(=O)CC1(CC(N)c2ccc(I)cc2)CCCC1. The molecule has 1 fully saturated rings. The van der Waals surface area contributed by atoms with E-state index in [2.05, 4.69) is 46.9 Å². The quantitative estimate of drug-likeness (QED) is 0.618. The van der Waals surface area contributed by atoms with Crippen LogP contribution in [0.5, 0.6) is 0 Å². The predicted molar refractivity (Wildman–Crippen MR) is 88.2 cm³/mol. The number of methoxy groups -OCH3 is 1. The first kappa shape index (κ1) is 15.8. The van der Waals surface area contributed by atoms with Crippen LogP contribution in [0, 0.1) is 8.99 Å². The highest BCUT2D eigenvalue weighted by Gasteiger charge is 2.37. The van der Waals surface area contributed by atoms with E-state index < -0.39 is 0 Å². The predicted octanol–water partition coefficient (Wildman–Crippen LogP) is 3.80. The Morgan fingerprint density at radius 2 is 1.95 bits per heavy atom. The average Bonchev–Trinajstić information content (AvgIpc) is 2.87. The number of benzene rings is 1. The molecule has 0 bridgehead atoms. The van der Waals surface area contributed by atoms with Crippen molar-refractivity contribution in [2.24, 2.45) is 11.1 Å². The summed E-state index contributed by atoms with van der Waals surface area (Å²) in [7, 11) is 1.46. The molecule has 0 saturated heterocycles. The van der Waals surface area contributed by atoms with Crippen LogP contribution >= 0.6 is 22.6 Å². The number of hydrogen-bond acceptors (Lipinski definition) is 3. The van der Waals surface area contributed by atoms with E-state index >= 15 is 0 Å². The average molecular weight is 387 g/mol. The molecule has 3 nitrogen and oxygen atoms in total. The second kappa shape index (κ2) is 6.89. The number of ether oxygens (including phenoxy) is 1. The summed E-state index contributed by atoms with van der Waals surface area (Å²) in [6, 6.07) is 8.34. The van der Waals surface area contributed by atoms with Crippen LogP contribution in [0.15, 0.2) is 24.3 Å². The first-order valence-electron chi connectivity index (χ1n) is 7.12. The van der Waals surface area contributed by atoms with E-state index in [9.17, 15) is 4.79 Å².